The van der Waals surface area contributed by atoms with Crippen molar-refractivity contribution in [1.29, 1.82) is 0 Å². The quantitative estimate of drug-likeness (QED) is 0.728. The van der Waals surface area contributed by atoms with Gasteiger partial charge in [0.1, 0.15) is 5.82 Å². The fourth-order valence-corrected chi connectivity index (χ4v) is 1.95. The first-order valence-corrected chi connectivity index (χ1v) is 6.43. The largest absolute Gasteiger partial charge is 0.478 e. The number of nitrogens with zero attached hydrogens (tertiary/aromatic N) is 1. The molecular weight excluding hydrogens is 268 g/mol. The number of nitrogens with two attached hydrogens (primary N) is 1. The molecule has 0 spiro atoms. The maximum absolute atomic E-state index is 11.4. The van der Waals surface area contributed by atoms with Crippen LogP contribution in [0.25, 0.3) is 6.08 Å². The number of aliphatic carboxylic acids is 1. The van der Waals surface area contributed by atoms with Crippen LogP contribution < -0.4 is 5.73 Å². The average Bonchev–Trinajstić information content (AvgIpc) is 2.49. The van der Waals surface area contributed by atoms with Crippen LogP contribution in [0.5, 0.6) is 0 Å². The number of hydrogen-bond donors (Lipinski definition) is 3. The van der Waals surface area contributed by atoms with Crippen molar-refractivity contribution in [2.75, 3.05) is 5.73 Å². The average molecular weight is 284 g/mol. The smallest absolute Gasteiger partial charge is 0.331 e. The van der Waals surface area contributed by atoms with Crippen molar-refractivity contribution in [3.05, 3.63) is 64.9 Å². The lowest BCUT2D eigenvalue weighted by molar-refractivity contribution is -0.132. The third-order valence-corrected chi connectivity index (χ3v) is 3.05. The monoisotopic (exact) mass is 284 g/mol. The van der Waals surface area contributed by atoms with E-state index in [9.17, 15) is 9.90 Å². The van der Waals surface area contributed by atoms with Gasteiger partial charge in [0.2, 0.25) is 0 Å². The van der Waals surface area contributed by atoms with Gasteiger partial charge < -0.3 is 15.9 Å². The van der Waals surface area contributed by atoms with E-state index in [1.54, 1.807) is 12.1 Å². The zero-order valence-electron chi connectivity index (χ0n) is 11.4. The Labute approximate surface area is 122 Å². The van der Waals surface area contributed by atoms with Gasteiger partial charge in [-0.25, -0.2) is 9.78 Å². The summed E-state index contributed by atoms with van der Waals surface area (Å²) in [6.07, 6.45) is 3.35. The summed E-state index contributed by atoms with van der Waals surface area (Å²) in [5, 5.41) is 18.5. The van der Waals surface area contributed by atoms with Crippen LogP contribution in [0.1, 0.15) is 16.7 Å². The Bertz CT molecular complexity index is 666. The Hall–Kier alpha value is -2.66. The number of rotatable bonds is 5. The summed E-state index contributed by atoms with van der Waals surface area (Å²) in [7, 11) is 0. The van der Waals surface area contributed by atoms with E-state index in [2.05, 4.69) is 4.98 Å². The van der Waals surface area contributed by atoms with Crippen LogP contribution in [0, 0.1) is 0 Å². The van der Waals surface area contributed by atoms with Crippen molar-refractivity contribution < 1.29 is 15.0 Å². The van der Waals surface area contributed by atoms with Gasteiger partial charge in [-0.2, -0.15) is 0 Å². The molecule has 2 aromatic rings. The van der Waals surface area contributed by atoms with Crippen molar-refractivity contribution in [3.63, 3.8) is 0 Å². The molecule has 0 saturated carbocycles. The molecule has 21 heavy (non-hydrogen) atoms. The molecule has 0 atom stereocenters. The molecule has 0 unspecified atom stereocenters. The molecule has 0 radical (unpaired) electrons. The predicted molar refractivity (Wildman–Crippen MR) is 80.3 cm³/mol. The Balaban J connectivity index is 2.31. The van der Waals surface area contributed by atoms with Gasteiger partial charge in [-0.1, -0.05) is 30.3 Å². The number of carbonyl (C=O) groups is 1. The third kappa shape index (κ3) is 3.90. The van der Waals surface area contributed by atoms with E-state index in [4.69, 9.17) is 10.8 Å². The molecule has 1 aromatic heterocycles. The van der Waals surface area contributed by atoms with Gasteiger partial charge in [-0.3, -0.25) is 0 Å². The van der Waals surface area contributed by atoms with E-state index in [1.165, 1.54) is 6.20 Å². The molecule has 0 saturated heterocycles. The Morgan fingerprint density at radius 3 is 2.62 bits per heavy atom. The van der Waals surface area contributed by atoms with Gasteiger partial charge in [0.25, 0.3) is 0 Å². The van der Waals surface area contributed by atoms with Crippen LogP contribution in [0.4, 0.5) is 5.82 Å². The minimum Gasteiger partial charge on any atom is -0.478 e. The molecule has 1 aromatic carbocycles. The van der Waals surface area contributed by atoms with Crippen LogP contribution in [-0.2, 0) is 17.8 Å². The van der Waals surface area contributed by atoms with Gasteiger partial charge >= 0.3 is 5.97 Å². The summed E-state index contributed by atoms with van der Waals surface area (Å²) in [6, 6.07) is 11.0. The predicted octanol–water partition coefficient (Wildman–Crippen LogP) is 1.87. The van der Waals surface area contributed by atoms with E-state index < -0.39 is 5.97 Å². The molecule has 5 heteroatoms. The van der Waals surface area contributed by atoms with Crippen molar-refractivity contribution in [3.8, 4) is 0 Å². The molecule has 0 aliphatic rings. The van der Waals surface area contributed by atoms with Gasteiger partial charge in [0, 0.05) is 23.8 Å². The van der Waals surface area contributed by atoms with Gasteiger partial charge in [0.05, 0.1) is 6.61 Å². The molecule has 5 nitrogen and oxygen atoms in total. The first-order chi connectivity index (χ1) is 10.1. The number of aliphatic hydroxyl groups is 1. The molecule has 1 heterocycles. The highest BCUT2D eigenvalue weighted by atomic mass is 16.4. The first kappa shape index (κ1) is 14.7. The van der Waals surface area contributed by atoms with Gasteiger partial charge in [0.15, 0.2) is 0 Å². The normalized spacial score (nSPS) is 11.4. The van der Waals surface area contributed by atoms with Gasteiger partial charge in [-0.15, -0.1) is 0 Å². The molecule has 0 aliphatic carbocycles. The van der Waals surface area contributed by atoms with E-state index in [0.717, 1.165) is 5.56 Å². The fraction of sp³-hybridized carbons (Fsp3) is 0.125. The number of pyridine rings is 1. The maximum Gasteiger partial charge on any atom is 0.331 e. The maximum atomic E-state index is 11.4. The zero-order valence-corrected chi connectivity index (χ0v) is 11.4. The van der Waals surface area contributed by atoms with E-state index in [-0.39, 0.29) is 18.0 Å². The number of carboxylic acid groups (broad SMARTS) is 1. The lowest BCUT2D eigenvalue weighted by Crippen LogP contribution is -2.04. The van der Waals surface area contributed by atoms with Crippen LogP contribution in [-0.4, -0.2) is 21.2 Å². The van der Waals surface area contributed by atoms with Crippen LogP contribution in [0.3, 0.4) is 0 Å². The second-order valence-corrected chi connectivity index (χ2v) is 4.61. The summed E-state index contributed by atoms with van der Waals surface area (Å²) in [5.41, 5.74) is 7.85. The number of aromatic nitrogens is 1. The zero-order chi connectivity index (χ0) is 15.2. The van der Waals surface area contributed by atoms with E-state index in [1.807, 2.05) is 30.3 Å². The molecule has 4 N–H and O–H groups in total. The molecule has 0 bridgehead atoms. The first-order valence-electron chi connectivity index (χ1n) is 6.43. The summed E-state index contributed by atoms with van der Waals surface area (Å²) in [6.45, 7) is -0.235. The number of aliphatic hydroxyl groups excluding tert-OH is 1. The highest BCUT2D eigenvalue weighted by Gasteiger charge is 2.09. The van der Waals surface area contributed by atoms with Crippen LogP contribution >= 0.6 is 0 Å². The topological polar surface area (TPSA) is 96.4 Å². The summed E-state index contributed by atoms with van der Waals surface area (Å²) in [4.78, 5) is 15.3. The van der Waals surface area contributed by atoms with E-state index in [0.29, 0.717) is 17.5 Å². The van der Waals surface area contributed by atoms with Crippen molar-refractivity contribution >= 4 is 17.9 Å². The lowest BCUT2D eigenvalue weighted by Gasteiger charge is -2.05. The standard InChI is InChI=1S/C16H16N2O3/c17-15-14(10-19)8-12(9-18-15)7-13(16(20)21)6-11-4-2-1-3-5-11/h1-5,7-9,19H,6,10H2,(H2,17,18)(H,20,21). The number of carboxylic acids is 1. The summed E-state index contributed by atoms with van der Waals surface area (Å²) >= 11 is 0. The second kappa shape index (κ2) is 6.67. The molecule has 0 fully saturated rings. The second-order valence-electron chi connectivity index (χ2n) is 4.61. The third-order valence-electron chi connectivity index (χ3n) is 3.05. The van der Waals surface area contributed by atoms with Crippen molar-refractivity contribution in [2.45, 2.75) is 13.0 Å². The van der Waals surface area contributed by atoms with Crippen LogP contribution in [0.2, 0.25) is 0 Å². The lowest BCUT2D eigenvalue weighted by atomic mass is 10.0. The Morgan fingerprint density at radius 1 is 1.29 bits per heavy atom. The molecule has 108 valence electrons. The van der Waals surface area contributed by atoms with E-state index >= 15 is 0 Å². The summed E-state index contributed by atoms with van der Waals surface area (Å²) in [5.74, 6) is -0.740. The van der Waals surface area contributed by atoms with Gasteiger partial charge in [-0.05, 0) is 23.3 Å². The number of benzene rings is 1. The Kier molecular flexibility index (Phi) is 4.68. The number of anilines is 1. The molecule has 2 rings (SSSR count). The summed E-state index contributed by atoms with van der Waals surface area (Å²) < 4.78 is 0. The SMILES string of the molecule is Nc1ncc(C=C(Cc2ccccc2)C(=O)O)cc1CO. The fourth-order valence-electron chi connectivity index (χ4n) is 1.95. The highest BCUT2D eigenvalue weighted by Crippen LogP contribution is 2.16. The molecule has 0 amide bonds. The number of hydrogen-bond acceptors (Lipinski definition) is 4. The van der Waals surface area contributed by atoms with Crippen LogP contribution in [0.15, 0.2) is 48.2 Å². The molecule has 0 aliphatic heterocycles. The van der Waals surface area contributed by atoms with Crippen molar-refractivity contribution in [2.24, 2.45) is 0 Å². The minimum absolute atomic E-state index is 0.235. The molecular formula is C16H16N2O3. The minimum atomic E-state index is -0.985. The highest BCUT2D eigenvalue weighted by molar-refractivity contribution is 5.92. The Morgan fingerprint density at radius 2 is 2.00 bits per heavy atom. The number of nitrogen functional groups attached to an aromatic ring is 1. The van der Waals surface area contributed by atoms with Crippen molar-refractivity contribution in [1.82, 2.24) is 4.98 Å².